The van der Waals surface area contributed by atoms with E-state index < -0.39 is 0 Å². The van der Waals surface area contributed by atoms with Gasteiger partial charge in [0.2, 0.25) is 0 Å². The predicted octanol–water partition coefficient (Wildman–Crippen LogP) is 5.63. The summed E-state index contributed by atoms with van der Waals surface area (Å²) in [5, 5.41) is 3.68. The van der Waals surface area contributed by atoms with E-state index in [4.69, 9.17) is 9.47 Å². The molecular weight excluding hydrogens is 358 g/mol. The lowest BCUT2D eigenvalue weighted by Gasteiger charge is -2.29. The first-order valence-electron chi connectivity index (χ1n) is 10.4. The van der Waals surface area contributed by atoms with Crippen LogP contribution in [-0.2, 0) is 13.0 Å². The first-order chi connectivity index (χ1) is 14.2. The van der Waals surface area contributed by atoms with Crippen LogP contribution in [0.25, 0.3) is 0 Å². The molecule has 0 amide bonds. The van der Waals surface area contributed by atoms with Crippen molar-refractivity contribution in [2.24, 2.45) is 0 Å². The normalized spacial score (nSPS) is 15.8. The fourth-order valence-electron chi connectivity index (χ4n) is 3.94. The average Bonchev–Trinajstić information content (AvgIpc) is 2.77. The summed E-state index contributed by atoms with van der Waals surface area (Å²) in [6.45, 7) is 5.94. The molecule has 4 rings (SSSR count). The van der Waals surface area contributed by atoms with Crippen molar-refractivity contribution >= 4 is 0 Å². The second-order valence-electron chi connectivity index (χ2n) is 7.93. The Balaban J connectivity index is 1.64. The van der Waals surface area contributed by atoms with Crippen LogP contribution in [0.5, 0.6) is 11.5 Å². The Kier molecular flexibility index (Phi) is 5.86. The number of nitrogens with one attached hydrogen (secondary N) is 1. The van der Waals surface area contributed by atoms with E-state index in [1.165, 1.54) is 22.3 Å². The summed E-state index contributed by atoms with van der Waals surface area (Å²) in [5.41, 5.74) is 6.40. The molecule has 0 saturated heterocycles. The van der Waals surface area contributed by atoms with Crippen LogP contribution < -0.4 is 14.8 Å². The molecular formula is C26H29NO2. The molecule has 1 atom stereocenters. The molecule has 1 unspecified atom stereocenters. The highest BCUT2D eigenvalue weighted by atomic mass is 16.5. The van der Waals surface area contributed by atoms with Crippen molar-refractivity contribution in [3.63, 3.8) is 0 Å². The van der Waals surface area contributed by atoms with Gasteiger partial charge in [-0.3, -0.25) is 0 Å². The number of benzene rings is 3. The summed E-state index contributed by atoms with van der Waals surface area (Å²) in [6.07, 6.45) is 0.991. The van der Waals surface area contributed by atoms with Crippen LogP contribution in [0.4, 0.5) is 0 Å². The lowest BCUT2D eigenvalue weighted by Crippen LogP contribution is -2.30. The first-order valence-corrected chi connectivity index (χ1v) is 10.4. The van der Waals surface area contributed by atoms with Crippen molar-refractivity contribution in [3.05, 3.63) is 94.5 Å². The van der Waals surface area contributed by atoms with Gasteiger partial charge in [-0.2, -0.15) is 0 Å². The zero-order chi connectivity index (χ0) is 20.2. The van der Waals surface area contributed by atoms with Crippen molar-refractivity contribution in [2.75, 3.05) is 13.7 Å². The highest BCUT2D eigenvalue weighted by Gasteiger charge is 2.24. The molecule has 29 heavy (non-hydrogen) atoms. The number of ether oxygens (including phenoxy) is 2. The number of rotatable bonds is 6. The van der Waals surface area contributed by atoms with Crippen LogP contribution in [0.1, 0.15) is 53.6 Å². The van der Waals surface area contributed by atoms with E-state index in [1.54, 1.807) is 7.11 Å². The van der Waals surface area contributed by atoms with Gasteiger partial charge in [0.1, 0.15) is 6.61 Å². The number of hydrogen-bond donors (Lipinski definition) is 1. The summed E-state index contributed by atoms with van der Waals surface area (Å²) in [7, 11) is 1.71. The fraction of sp³-hybridized carbons (Fsp3) is 0.308. The molecule has 3 aromatic carbocycles. The lowest BCUT2D eigenvalue weighted by atomic mass is 9.88. The number of fused-ring (bicyclic) bond motifs is 1. The summed E-state index contributed by atoms with van der Waals surface area (Å²) in [4.78, 5) is 0. The van der Waals surface area contributed by atoms with Crippen LogP contribution in [0.3, 0.4) is 0 Å². The third kappa shape index (κ3) is 4.30. The van der Waals surface area contributed by atoms with Crippen LogP contribution in [0.2, 0.25) is 0 Å². The summed E-state index contributed by atoms with van der Waals surface area (Å²) in [5.74, 6) is 2.14. The Morgan fingerprint density at radius 2 is 1.72 bits per heavy atom. The van der Waals surface area contributed by atoms with Gasteiger partial charge in [-0.05, 0) is 52.3 Å². The molecule has 3 aromatic rings. The molecule has 1 aliphatic rings. The van der Waals surface area contributed by atoms with Gasteiger partial charge in [0.05, 0.1) is 13.2 Å². The monoisotopic (exact) mass is 387 g/mol. The molecule has 0 spiro atoms. The Hall–Kier alpha value is -2.78. The van der Waals surface area contributed by atoms with Crippen LogP contribution in [0, 0.1) is 0 Å². The zero-order valence-electron chi connectivity index (χ0n) is 17.4. The Labute approximate surface area is 173 Å². The molecule has 0 radical (unpaired) electrons. The van der Waals surface area contributed by atoms with Crippen molar-refractivity contribution < 1.29 is 9.47 Å². The van der Waals surface area contributed by atoms with Crippen molar-refractivity contribution in [1.29, 1.82) is 0 Å². The van der Waals surface area contributed by atoms with E-state index in [9.17, 15) is 0 Å². The molecule has 0 aliphatic carbocycles. The van der Waals surface area contributed by atoms with Gasteiger partial charge in [-0.25, -0.2) is 0 Å². The Morgan fingerprint density at radius 3 is 2.41 bits per heavy atom. The predicted molar refractivity (Wildman–Crippen MR) is 118 cm³/mol. The van der Waals surface area contributed by atoms with Crippen molar-refractivity contribution in [3.8, 4) is 11.5 Å². The zero-order valence-corrected chi connectivity index (χ0v) is 17.4. The highest BCUT2D eigenvalue weighted by molar-refractivity contribution is 5.52. The van der Waals surface area contributed by atoms with Crippen molar-refractivity contribution in [2.45, 2.75) is 38.8 Å². The van der Waals surface area contributed by atoms with Gasteiger partial charge in [-0.15, -0.1) is 0 Å². The first kappa shape index (κ1) is 19.5. The minimum absolute atomic E-state index is 0.171. The average molecular weight is 388 g/mol. The summed E-state index contributed by atoms with van der Waals surface area (Å²) >= 11 is 0. The van der Waals surface area contributed by atoms with Gasteiger partial charge in [0.15, 0.2) is 11.5 Å². The maximum atomic E-state index is 6.16. The number of methoxy groups -OCH3 is 1. The minimum atomic E-state index is 0.171. The topological polar surface area (TPSA) is 30.5 Å². The maximum absolute atomic E-state index is 6.16. The quantitative estimate of drug-likeness (QED) is 0.594. The second-order valence-corrected chi connectivity index (χ2v) is 7.93. The summed E-state index contributed by atoms with van der Waals surface area (Å²) in [6, 6.07) is 23.7. The van der Waals surface area contributed by atoms with Gasteiger partial charge < -0.3 is 14.8 Å². The third-order valence-electron chi connectivity index (χ3n) is 5.65. The molecule has 0 aromatic heterocycles. The molecule has 3 nitrogen and oxygen atoms in total. The highest BCUT2D eigenvalue weighted by Crippen LogP contribution is 2.38. The van der Waals surface area contributed by atoms with E-state index in [0.717, 1.165) is 30.0 Å². The van der Waals surface area contributed by atoms with Crippen LogP contribution in [0.15, 0.2) is 66.7 Å². The molecule has 3 heteroatoms. The largest absolute Gasteiger partial charge is 0.493 e. The lowest BCUT2D eigenvalue weighted by molar-refractivity contribution is 0.283. The molecule has 0 saturated carbocycles. The van der Waals surface area contributed by atoms with Gasteiger partial charge in [-0.1, -0.05) is 68.4 Å². The van der Waals surface area contributed by atoms with Gasteiger partial charge in [0, 0.05) is 6.54 Å². The minimum Gasteiger partial charge on any atom is -0.493 e. The van der Waals surface area contributed by atoms with Gasteiger partial charge >= 0.3 is 0 Å². The van der Waals surface area contributed by atoms with Gasteiger partial charge in [0.25, 0.3) is 0 Å². The van der Waals surface area contributed by atoms with Crippen LogP contribution in [-0.4, -0.2) is 13.7 Å². The third-order valence-corrected chi connectivity index (χ3v) is 5.65. The summed E-state index contributed by atoms with van der Waals surface area (Å²) < 4.78 is 11.8. The van der Waals surface area contributed by atoms with Crippen LogP contribution >= 0.6 is 0 Å². The number of hydrogen-bond acceptors (Lipinski definition) is 3. The molecule has 0 bridgehead atoms. The van der Waals surface area contributed by atoms with E-state index in [1.807, 2.05) is 18.2 Å². The van der Waals surface area contributed by atoms with Crippen molar-refractivity contribution in [1.82, 2.24) is 5.32 Å². The standard InChI is InChI=1S/C26H29NO2/c1-18(2)20-9-11-21(12-10-20)26-23-16-25(29-17-19-7-5-4-6-8-19)24(28-3)15-22(23)13-14-27-26/h4-12,15-16,18,26-27H,13-14,17H2,1-3H3. The van der Waals surface area contributed by atoms with E-state index in [0.29, 0.717) is 12.5 Å². The molecule has 0 fully saturated rings. The van der Waals surface area contributed by atoms with E-state index in [2.05, 4.69) is 67.7 Å². The molecule has 1 aliphatic heterocycles. The second kappa shape index (κ2) is 8.71. The van der Waals surface area contributed by atoms with E-state index >= 15 is 0 Å². The fourth-order valence-corrected chi connectivity index (χ4v) is 3.94. The molecule has 1 heterocycles. The SMILES string of the molecule is COc1cc2c(cc1OCc1ccccc1)C(c1ccc(C(C)C)cc1)NCC2. The smallest absolute Gasteiger partial charge is 0.162 e. The maximum Gasteiger partial charge on any atom is 0.162 e. The Bertz CT molecular complexity index is 948. The molecule has 1 N–H and O–H groups in total. The molecule has 150 valence electrons. The van der Waals surface area contributed by atoms with E-state index in [-0.39, 0.29) is 6.04 Å². The Morgan fingerprint density at radius 1 is 0.966 bits per heavy atom.